The molecular formula is C13H15F3O3. The van der Waals surface area contributed by atoms with Crippen LogP contribution in [-0.2, 0) is 6.18 Å². The van der Waals surface area contributed by atoms with Crippen molar-refractivity contribution in [1.82, 2.24) is 0 Å². The predicted octanol–water partition coefficient (Wildman–Crippen LogP) is 3.83. The largest absolute Gasteiger partial charge is 0.493 e. The monoisotopic (exact) mass is 276 g/mol. The number of halogens is 3. The molecular weight excluding hydrogens is 261 g/mol. The summed E-state index contributed by atoms with van der Waals surface area (Å²) in [5.41, 5.74) is -1.47. The van der Waals surface area contributed by atoms with Gasteiger partial charge in [0.15, 0.2) is 0 Å². The molecule has 6 heteroatoms. The van der Waals surface area contributed by atoms with E-state index in [0.717, 1.165) is 12.1 Å². The number of alkyl halides is 3. The number of aromatic carboxylic acids is 1. The van der Waals surface area contributed by atoms with E-state index >= 15 is 0 Å². The molecule has 0 aliphatic carbocycles. The minimum absolute atomic E-state index is 0.0406. The molecule has 0 saturated heterocycles. The van der Waals surface area contributed by atoms with Crippen LogP contribution in [0.5, 0.6) is 5.75 Å². The summed E-state index contributed by atoms with van der Waals surface area (Å²) < 4.78 is 42.7. The summed E-state index contributed by atoms with van der Waals surface area (Å²) >= 11 is 0. The third-order valence-electron chi connectivity index (χ3n) is 2.49. The van der Waals surface area contributed by atoms with Crippen molar-refractivity contribution in [3.05, 3.63) is 29.3 Å². The van der Waals surface area contributed by atoms with Gasteiger partial charge in [0.2, 0.25) is 0 Å². The summed E-state index contributed by atoms with van der Waals surface area (Å²) in [5.74, 6) is -1.12. The lowest BCUT2D eigenvalue weighted by atomic mass is 10.1. The number of benzene rings is 1. The van der Waals surface area contributed by atoms with Gasteiger partial charge in [-0.3, -0.25) is 0 Å². The topological polar surface area (TPSA) is 46.5 Å². The van der Waals surface area contributed by atoms with Crippen molar-refractivity contribution in [2.45, 2.75) is 26.4 Å². The van der Waals surface area contributed by atoms with Gasteiger partial charge in [-0.1, -0.05) is 13.8 Å². The Morgan fingerprint density at radius 3 is 2.47 bits per heavy atom. The molecule has 0 aliphatic heterocycles. The summed E-state index contributed by atoms with van der Waals surface area (Å²) in [6.07, 6.45) is -3.87. The Morgan fingerprint density at radius 1 is 1.37 bits per heavy atom. The van der Waals surface area contributed by atoms with E-state index in [0.29, 0.717) is 18.4 Å². The Hall–Kier alpha value is -1.72. The van der Waals surface area contributed by atoms with Gasteiger partial charge in [-0.15, -0.1) is 0 Å². The highest BCUT2D eigenvalue weighted by Crippen LogP contribution is 2.32. The molecule has 106 valence electrons. The van der Waals surface area contributed by atoms with Gasteiger partial charge < -0.3 is 9.84 Å². The lowest BCUT2D eigenvalue weighted by Gasteiger charge is -2.13. The van der Waals surface area contributed by atoms with E-state index in [1.807, 2.05) is 13.8 Å². The van der Waals surface area contributed by atoms with Gasteiger partial charge >= 0.3 is 12.1 Å². The van der Waals surface area contributed by atoms with Crippen LogP contribution in [0.15, 0.2) is 18.2 Å². The maximum Gasteiger partial charge on any atom is 0.416 e. The molecule has 0 saturated carbocycles. The number of carboxylic acids is 1. The zero-order valence-electron chi connectivity index (χ0n) is 10.6. The van der Waals surface area contributed by atoms with Crippen molar-refractivity contribution in [2.24, 2.45) is 5.92 Å². The molecule has 0 heterocycles. The molecule has 1 rings (SSSR count). The number of hydrogen-bond acceptors (Lipinski definition) is 2. The quantitative estimate of drug-likeness (QED) is 0.889. The van der Waals surface area contributed by atoms with Gasteiger partial charge in [0.25, 0.3) is 0 Å². The Morgan fingerprint density at radius 2 is 2.00 bits per heavy atom. The lowest BCUT2D eigenvalue weighted by molar-refractivity contribution is -0.137. The Kier molecular flexibility index (Phi) is 4.80. The fourth-order valence-electron chi connectivity index (χ4n) is 1.40. The molecule has 0 spiro atoms. The Labute approximate surface area is 109 Å². The van der Waals surface area contributed by atoms with Crippen molar-refractivity contribution in [1.29, 1.82) is 0 Å². The lowest BCUT2D eigenvalue weighted by Crippen LogP contribution is -2.10. The second-order valence-electron chi connectivity index (χ2n) is 4.54. The highest BCUT2D eigenvalue weighted by molar-refractivity contribution is 5.91. The van der Waals surface area contributed by atoms with E-state index in [9.17, 15) is 18.0 Å². The van der Waals surface area contributed by atoms with Crippen molar-refractivity contribution >= 4 is 5.97 Å². The number of carboxylic acid groups (broad SMARTS) is 1. The van der Waals surface area contributed by atoms with Crippen LogP contribution in [0.1, 0.15) is 36.2 Å². The first-order valence-corrected chi connectivity index (χ1v) is 5.79. The van der Waals surface area contributed by atoms with E-state index in [4.69, 9.17) is 9.84 Å². The molecule has 0 aliphatic rings. The van der Waals surface area contributed by atoms with Gasteiger partial charge in [-0.25, -0.2) is 4.79 Å². The zero-order chi connectivity index (χ0) is 14.6. The van der Waals surface area contributed by atoms with Gasteiger partial charge in [0, 0.05) is 0 Å². The molecule has 0 atom stereocenters. The summed E-state index contributed by atoms with van der Waals surface area (Å²) in [5, 5.41) is 8.92. The first kappa shape index (κ1) is 15.3. The smallest absolute Gasteiger partial charge is 0.416 e. The van der Waals surface area contributed by atoms with E-state index in [1.165, 1.54) is 0 Å². The van der Waals surface area contributed by atoms with Gasteiger partial charge in [0.05, 0.1) is 12.2 Å². The second kappa shape index (κ2) is 5.95. The highest BCUT2D eigenvalue weighted by Gasteiger charge is 2.32. The van der Waals surface area contributed by atoms with Crippen LogP contribution in [-0.4, -0.2) is 17.7 Å². The summed E-state index contributed by atoms with van der Waals surface area (Å²) in [7, 11) is 0. The second-order valence-corrected chi connectivity index (χ2v) is 4.54. The first-order chi connectivity index (χ1) is 8.71. The molecule has 0 amide bonds. The Balaban J connectivity index is 2.96. The van der Waals surface area contributed by atoms with Crippen LogP contribution >= 0.6 is 0 Å². The number of hydrogen-bond donors (Lipinski definition) is 1. The molecule has 1 aromatic carbocycles. The standard InChI is InChI=1S/C13H15F3O3/c1-8(2)5-6-19-11-4-3-9(13(14,15)16)7-10(11)12(17)18/h3-4,7-8H,5-6H2,1-2H3,(H,17,18). The van der Waals surface area contributed by atoms with Crippen LogP contribution in [0, 0.1) is 5.92 Å². The van der Waals surface area contributed by atoms with E-state index in [1.54, 1.807) is 0 Å². The molecule has 0 bridgehead atoms. The van der Waals surface area contributed by atoms with Crippen molar-refractivity contribution in [3.63, 3.8) is 0 Å². The average molecular weight is 276 g/mol. The number of carbonyl (C=O) groups is 1. The maximum atomic E-state index is 12.5. The number of rotatable bonds is 5. The SMILES string of the molecule is CC(C)CCOc1ccc(C(F)(F)F)cc1C(=O)O. The molecule has 0 radical (unpaired) electrons. The molecule has 0 fully saturated rings. The minimum atomic E-state index is -4.57. The average Bonchev–Trinajstić information content (AvgIpc) is 2.27. The molecule has 3 nitrogen and oxygen atoms in total. The van der Waals surface area contributed by atoms with Crippen molar-refractivity contribution in [2.75, 3.05) is 6.61 Å². The summed E-state index contributed by atoms with van der Waals surface area (Å²) in [4.78, 5) is 11.0. The van der Waals surface area contributed by atoms with Crippen LogP contribution < -0.4 is 4.74 Å². The van der Waals surface area contributed by atoms with Crippen LogP contribution in [0.3, 0.4) is 0 Å². The number of ether oxygens (including phenoxy) is 1. The van der Waals surface area contributed by atoms with Gasteiger partial charge in [-0.2, -0.15) is 13.2 Å². The van der Waals surface area contributed by atoms with Gasteiger partial charge in [0.1, 0.15) is 11.3 Å². The van der Waals surface area contributed by atoms with E-state index < -0.39 is 23.3 Å². The zero-order valence-corrected chi connectivity index (χ0v) is 10.6. The molecule has 1 aromatic rings. The van der Waals surface area contributed by atoms with Crippen LogP contribution in [0.25, 0.3) is 0 Å². The third-order valence-corrected chi connectivity index (χ3v) is 2.49. The fraction of sp³-hybridized carbons (Fsp3) is 0.462. The van der Waals surface area contributed by atoms with E-state index in [2.05, 4.69) is 0 Å². The predicted molar refractivity (Wildman–Crippen MR) is 63.4 cm³/mol. The first-order valence-electron chi connectivity index (χ1n) is 5.79. The van der Waals surface area contributed by atoms with Gasteiger partial charge in [-0.05, 0) is 30.5 Å². The fourth-order valence-corrected chi connectivity index (χ4v) is 1.40. The minimum Gasteiger partial charge on any atom is -0.493 e. The molecule has 0 aromatic heterocycles. The maximum absolute atomic E-state index is 12.5. The Bertz CT molecular complexity index is 453. The normalized spacial score (nSPS) is 11.7. The van der Waals surface area contributed by atoms with Crippen molar-refractivity contribution < 1.29 is 27.8 Å². The van der Waals surface area contributed by atoms with Crippen molar-refractivity contribution in [3.8, 4) is 5.75 Å². The molecule has 1 N–H and O–H groups in total. The molecule has 0 unspecified atom stereocenters. The summed E-state index contributed by atoms with van der Waals surface area (Å²) in [6.45, 7) is 4.20. The summed E-state index contributed by atoms with van der Waals surface area (Å²) in [6, 6.07) is 2.46. The van der Waals surface area contributed by atoms with Crippen LogP contribution in [0.4, 0.5) is 13.2 Å². The highest BCUT2D eigenvalue weighted by atomic mass is 19.4. The van der Waals surface area contributed by atoms with E-state index in [-0.39, 0.29) is 12.4 Å². The van der Waals surface area contributed by atoms with Crippen LogP contribution in [0.2, 0.25) is 0 Å². The third kappa shape index (κ3) is 4.46. The molecule has 19 heavy (non-hydrogen) atoms.